The van der Waals surface area contributed by atoms with Gasteiger partial charge in [-0.15, -0.1) is 0 Å². The Labute approximate surface area is 126 Å². The molecule has 21 heavy (non-hydrogen) atoms. The summed E-state index contributed by atoms with van der Waals surface area (Å²) in [5, 5.41) is 12.1. The van der Waals surface area contributed by atoms with E-state index >= 15 is 0 Å². The van der Waals surface area contributed by atoms with Crippen molar-refractivity contribution < 1.29 is 14.7 Å². The van der Waals surface area contributed by atoms with Crippen LogP contribution in [0, 0.1) is 6.92 Å². The molecule has 0 saturated heterocycles. The van der Waals surface area contributed by atoms with Gasteiger partial charge in [-0.2, -0.15) is 0 Å². The molecule has 0 aliphatic heterocycles. The van der Waals surface area contributed by atoms with Crippen molar-refractivity contribution in [2.45, 2.75) is 6.92 Å². The van der Waals surface area contributed by atoms with Crippen molar-refractivity contribution in [2.75, 3.05) is 11.1 Å². The highest BCUT2D eigenvalue weighted by Crippen LogP contribution is 2.22. The van der Waals surface area contributed by atoms with E-state index in [-0.39, 0.29) is 17.2 Å². The maximum absolute atomic E-state index is 12.1. The number of carboxylic acid groups (broad SMARTS) is 1. The van der Waals surface area contributed by atoms with E-state index in [1.807, 2.05) is 0 Å². The average Bonchev–Trinajstić information content (AvgIpc) is 2.43. The van der Waals surface area contributed by atoms with Crippen LogP contribution in [0.25, 0.3) is 0 Å². The second kappa shape index (κ2) is 5.85. The van der Waals surface area contributed by atoms with Crippen LogP contribution >= 0.6 is 11.6 Å². The standard InChI is InChI=1S/C15H13ClN2O3/c1-8-6-9(2-4-11(8)16)14(19)18-13-5-3-10(15(20)21)7-12(13)17/h2-7H,17H2,1H3,(H,18,19)(H,20,21). The van der Waals surface area contributed by atoms with Crippen LogP contribution in [-0.2, 0) is 0 Å². The normalized spacial score (nSPS) is 10.2. The molecule has 0 heterocycles. The highest BCUT2D eigenvalue weighted by Gasteiger charge is 2.11. The third-order valence-electron chi connectivity index (χ3n) is 2.97. The molecular weight excluding hydrogens is 292 g/mol. The molecule has 4 N–H and O–H groups in total. The van der Waals surface area contributed by atoms with Crippen LogP contribution in [0.15, 0.2) is 36.4 Å². The van der Waals surface area contributed by atoms with Crippen molar-refractivity contribution >= 4 is 34.9 Å². The van der Waals surface area contributed by atoms with Crippen LogP contribution < -0.4 is 11.1 Å². The van der Waals surface area contributed by atoms with E-state index in [9.17, 15) is 9.59 Å². The number of hydrogen-bond acceptors (Lipinski definition) is 3. The van der Waals surface area contributed by atoms with Gasteiger partial charge >= 0.3 is 5.97 Å². The average molecular weight is 305 g/mol. The first-order valence-corrected chi connectivity index (χ1v) is 6.46. The van der Waals surface area contributed by atoms with Crippen LogP contribution in [0.3, 0.4) is 0 Å². The van der Waals surface area contributed by atoms with Gasteiger partial charge < -0.3 is 16.2 Å². The van der Waals surface area contributed by atoms with E-state index in [4.69, 9.17) is 22.4 Å². The minimum Gasteiger partial charge on any atom is -0.478 e. The Hall–Kier alpha value is -2.53. The fourth-order valence-corrected chi connectivity index (χ4v) is 1.91. The molecule has 0 aliphatic carbocycles. The van der Waals surface area contributed by atoms with Crippen molar-refractivity contribution in [1.29, 1.82) is 0 Å². The number of carbonyl (C=O) groups excluding carboxylic acids is 1. The maximum Gasteiger partial charge on any atom is 0.335 e. The Morgan fingerprint density at radius 1 is 1.14 bits per heavy atom. The molecule has 5 nitrogen and oxygen atoms in total. The van der Waals surface area contributed by atoms with Crippen molar-refractivity contribution in [2.24, 2.45) is 0 Å². The summed E-state index contributed by atoms with van der Waals surface area (Å²) in [5.41, 5.74) is 7.58. The third-order valence-corrected chi connectivity index (χ3v) is 3.39. The van der Waals surface area contributed by atoms with Gasteiger partial charge in [0.15, 0.2) is 0 Å². The topological polar surface area (TPSA) is 92.4 Å². The summed E-state index contributed by atoms with van der Waals surface area (Å²) in [7, 11) is 0. The molecule has 0 spiro atoms. The molecular formula is C15H13ClN2O3. The number of anilines is 2. The number of nitrogens with one attached hydrogen (secondary N) is 1. The molecule has 2 aromatic rings. The number of carbonyl (C=O) groups is 2. The van der Waals surface area contributed by atoms with Gasteiger partial charge in [0, 0.05) is 10.6 Å². The second-order valence-corrected chi connectivity index (χ2v) is 4.93. The summed E-state index contributed by atoms with van der Waals surface area (Å²) in [6, 6.07) is 9.04. The number of amides is 1. The second-order valence-electron chi connectivity index (χ2n) is 4.53. The van der Waals surface area contributed by atoms with Gasteiger partial charge in [0.1, 0.15) is 0 Å². The molecule has 6 heteroatoms. The molecule has 0 atom stereocenters. The SMILES string of the molecule is Cc1cc(C(=O)Nc2ccc(C(=O)O)cc2N)ccc1Cl. The third kappa shape index (κ3) is 3.32. The number of aryl methyl sites for hydroxylation is 1. The number of nitrogens with two attached hydrogens (primary N) is 1. The Morgan fingerprint density at radius 3 is 2.38 bits per heavy atom. The fraction of sp³-hybridized carbons (Fsp3) is 0.0667. The Morgan fingerprint density at radius 2 is 1.81 bits per heavy atom. The molecule has 0 aromatic heterocycles. The number of aromatic carboxylic acids is 1. The fourth-order valence-electron chi connectivity index (χ4n) is 1.79. The van der Waals surface area contributed by atoms with E-state index in [1.165, 1.54) is 18.2 Å². The number of benzene rings is 2. The molecule has 108 valence electrons. The Bertz CT molecular complexity index is 729. The van der Waals surface area contributed by atoms with Crippen LogP contribution in [0.2, 0.25) is 5.02 Å². The molecule has 2 aromatic carbocycles. The lowest BCUT2D eigenvalue weighted by atomic mass is 10.1. The van der Waals surface area contributed by atoms with E-state index in [2.05, 4.69) is 5.32 Å². The summed E-state index contributed by atoms with van der Waals surface area (Å²) >= 11 is 5.91. The van der Waals surface area contributed by atoms with Gasteiger partial charge in [-0.1, -0.05) is 11.6 Å². The van der Waals surface area contributed by atoms with E-state index < -0.39 is 5.97 Å². The molecule has 0 bridgehead atoms. The quantitative estimate of drug-likeness (QED) is 0.759. The van der Waals surface area contributed by atoms with Crippen LogP contribution in [-0.4, -0.2) is 17.0 Å². The van der Waals surface area contributed by atoms with Crippen molar-refractivity contribution in [1.82, 2.24) is 0 Å². The first-order valence-electron chi connectivity index (χ1n) is 6.09. The predicted molar refractivity (Wildman–Crippen MR) is 82.0 cm³/mol. The maximum atomic E-state index is 12.1. The highest BCUT2D eigenvalue weighted by atomic mass is 35.5. The van der Waals surface area contributed by atoms with Crippen LogP contribution in [0.1, 0.15) is 26.3 Å². The minimum atomic E-state index is -1.08. The smallest absolute Gasteiger partial charge is 0.335 e. The van der Waals surface area contributed by atoms with E-state index in [0.29, 0.717) is 16.3 Å². The summed E-state index contributed by atoms with van der Waals surface area (Å²) in [4.78, 5) is 22.9. The van der Waals surface area contributed by atoms with Crippen LogP contribution in [0.4, 0.5) is 11.4 Å². The zero-order valence-electron chi connectivity index (χ0n) is 11.2. The molecule has 2 rings (SSSR count). The summed E-state index contributed by atoms with van der Waals surface area (Å²) < 4.78 is 0. The minimum absolute atomic E-state index is 0.0628. The number of halogens is 1. The lowest BCUT2D eigenvalue weighted by Crippen LogP contribution is -2.13. The molecule has 1 amide bonds. The first kappa shape index (κ1) is 14.9. The van der Waals surface area contributed by atoms with Gasteiger partial charge in [-0.05, 0) is 48.9 Å². The van der Waals surface area contributed by atoms with Gasteiger partial charge in [0.05, 0.1) is 16.9 Å². The van der Waals surface area contributed by atoms with Gasteiger partial charge in [-0.25, -0.2) is 4.79 Å². The number of hydrogen-bond donors (Lipinski definition) is 3. The Balaban J connectivity index is 2.23. The van der Waals surface area contributed by atoms with Crippen molar-refractivity contribution in [3.63, 3.8) is 0 Å². The van der Waals surface area contributed by atoms with Gasteiger partial charge in [0.25, 0.3) is 5.91 Å². The first-order chi connectivity index (χ1) is 9.88. The van der Waals surface area contributed by atoms with E-state index in [1.54, 1.807) is 25.1 Å². The lowest BCUT2D eigenvalue weighted by molar-refractivity contribution is 0.0697. The summed E-state index contributed by atoms with van der Waals surface area (Å²) in [5.74, 6) is -1.42. The largest absolute Gasteiger partial charge is 0.478 e. The highest BCUT2D eigenvalue weighted by molar-refractivity contribution is 6.31. The van der Waals surface area contributed by atoms with Crippen LogP contribution in [0.5, 0.6) is 0 Å². The van der Waals surface area contributed by atoms with Crippen molar-refractivity contribution in [3.8, 4) is 0 Å². The monoisotopic (exact) mass is 304 g/mol. The summed E-state index contributed by atoms with van der Waals surface area (Å²) in [6.07, 6.45) is 0. The predicted octanol–water partition coefficient (Wildman–Crippen LogP) is 3.18. The molecule has 0 fully saturated rings. The van der Waals surface area contributed by atoms with Gasteiger partial charge in [-0.3, -0.25) is 4.79 Å². The zero-order valence-corrected chi connectivity index (χ0v) is 11.9. The van der Waals surface area contributed by atoms with E-state index in [0.717, 1.165) is 5.56 Å². The molecule has 0 unspecified atom stereocenters. The number of carboxylic acids is 1. The number of rotatable bonds is 3. The summed E-state index contributed by atoms with van der Waals surface area (Å²) in [6.45, 7) is 1.80. The lowest BCUT2D eigenvalue weighted by Gasteiger charge is -2.09. The number of nitrogen functional groups attached to an aromatic ring is 1. The zero-order chi connectivity index (χ0) is 15.6. The molecule has 0 aliphatic rings. The van der Waals surface area contributed by atoms with Gasteiger partial charge in [0.2, 0.25) is 0 Å². The Kier molecular flexibility index (Phi) is 4.14. The molecule has 0 radical (unpaired) electrons. The van der Waals surface area contributed by atoms with Crippen molar-refractivity contribution in [3.05, 3.63) is 58.1 Å². The molecule has 0 saturated carbocycles.